The highest BCUT2D eigenvalue weighted by Gasteiger charge is 2.43. The highest BCUT2D eigenvalue weighted by Crippen LogP contribution is 2.43. The zero-order valence-electron chi connectivity index (χ0n) is 5.97. The molecule has 1 heterocycles. The molecule has 4 heteroatoms. The first-order valence-corrected chi connectivity index (χ1v) is 4.17. The molecule has 1 amide bonds. The number of halogens is 2. The number of rotatable bonds is 0. The van der Waals surface area contributed by atoms with Gasteiger partial charge in [-0.05, 0) is 6.07 Å². The Balaban J connectivity index is 2.63. The molecule has 0 saturated heterocycles. The normalized spacial score (nSPS) is 18.7. The molecule has 1 aromatic rings. The minimum Gasteiger partial charge on any atom is -0.323 e. The van der Waals surface area contributed by atoms with Crippen LogP contribution in [0.25, 0.3) is 0 Å². The Hall–Kier alpha value is -0.730. The highest BCUT2D eigenvalue weighted by molar-refractivity contribution is 6.60. The van der Waals surface area contributed by atoms with E-state index in [2.05, 4.69) is 5.32 Å². The zero-order valence-corrected chi connectivity index (χ0v) is 7.49. The van der Waals surface area contributed by atoms with Crippen LogP contribution in [-0.4, -0.2) is 5.91 Å². The summed E-state index contributed by atoms with van der Waals surface area (Å²) in [6, 6.07) is 7.10. The maximum atomic E-state index is 11.2. The number of nitrogens with one attached hydrogen (secondary N) is 1. The summed E-state index contributed by atoms with van der Waals surface area (Å²) in [4.78, 5) is 11.2. The molecule has 1 aliphatic heterocycles. The van der Waals surface area contributed by atoms with Crippen molar-refractivity contribution in [3.63, 3.8) is 0 Å². The van der Waals surface area contributed by atoms with Crippen molar-refractivity contribution in [2.75, 3.05) is 5.32 Å². The topological polar surface area (TPSA) is 29.1 Å². The summed E-state index contributed by atoms with van der Waals surface area (Å²) in [5.41, 5.74) is 1.31. The molecule has 62 valence electrons. The van der Waals surface area contributed by atoms with Crippen LogP contribution in [0.4, 0.5) is 5.69 Å². The van der Waals surface area contributed by atoms with Crippen LogP contribution in [0.1, 0.15) is 5.56 Å². The highest BCUT2D eigenvalue weighted by atomic mass is 35.5. The summed E-state index contributed by atoms with van der Waals surface area (Å²) in [6.45, 7) is 0. The Morgan fingerprint density at radius 1 is 1.25 bits per heavy atom. The molecule has 1 N–H and O–H groups in total. The molecule has 0 aromatic heterocycles. The summed E-state index contributed by atoms with van der Waals surface area (Å²) in [5.74, 6) is -0.382. The minimum absolute atomic E-state index is 0.382. The van der Waals surface area contributed by atoms with Crippen molar-refractivity contribution in [2.45, 2.75) is 4.33 Å². The number of fused-ring (bicyclic) bond motifs is 1. The summed E-state index contributed by atoms with van der Waals surface area (Å²) < 4.78 is -1.42. The number of carbonyl (C=O) groups excluding carboxylic acids is 1. The molecule has 0 aliphatic carbocycles. The molecule has 0 spiro atoms. The maximum Gasteiger partial charge on any atom is 0.265 e. The van der Waals surface area contributed by atoms with Crippen LogP contribution in [0.3, 0.4) is 0 Å². The van der Waals surface area contributed by atoms with E-state index in [-0.39, 0.29) is 5.91 Å². The smallest absolute Gasteiger partial charge is 0.265 e. The lowest BCUT2D eigenvalue weighted by atomic mass is 10.1. The molecule has 2 nitrogen and oxygen atoms in total. The second kappa shape index (κ2) is 2.38. The van der Waals surface area contributed by atoms with Crippen LogP contribution < -0.4 is 5.32 Å². The van der Waals surface area contributed by atoms with Crippen molar-refractivity contribution in [1.82, 2.24) is 0 Å². The quantitative estimate of drug-likeness (QED) is 0.642. The molecule has 0 saturated carbocycles. The average molecular weight is 202 g/mol. The van der Waals surface area contributed by atoms with Crippen LogP contribution in [0.15, 0.2) is 24.3 Å². The third kappa shape index (κ3) is 0.919. The summed E-state index contributed by atoms with van der Waals surface area (Å²) in [7, 11) is 0. The van der Waals surface area contributed by atoms with Crippen LogP contribution in [-0.2, 0) is 9.13 Å². The van der Waals surface area contributed by atoms with Gasteiger partial charge in [-0.2, -0.15) is 0 Å². The number of hydrogen-bond acceptors (Lipinski definition) is 1. The van der Waals surface area contributed by atoms with Crippen molar-refractivity contribution < 1.29 is 4.79 Å². The van der Waals surface area contributed by atoms with Gasteiger partial charge in [-0.25, -0.2) is 0 Å². The van der Waals surface area contributed by atoms with Crippen molar-refractivity contribution in [3.05, 3.63) is 29.8 Å². The third-order valence-electron chi connectivity index (χ3n) is 1.80. The fourth-order valence-corrected chi connectivity index (χ4v) is 1.61. The Morgan fingerprint density at radius 3 is 2.58 bits per heavy atom. The first-order valence-electron chi connectivity index (χ1n) is 3.41. The lowest BCUT2D eigenvalue weighted by Gasteiger charge is -2.08. The van der Waals surface area contributed by atoms with E-state index in [1.165, 1.54) is 0 Å². The molecule has 0 radical (unpaired) electrons. The van der Waals surface area contributed by atoms with E-state index in [0.717, 1.165) is 0 Å². The molecule has 2 rings (SSSR count). The number of carbonyl (C=O) groups is 1. The molecule has 0 atom stereocenters. The summed E-state index contributed by atoms with van der Waals surface area (Å²) >= 11 is 11.6. The molecule has 0 bridgehead atoms. The van der Waals surface area contributed by atoms with Gasteiger partial charge in [-0.3, -0.25) is 4.79 Å². The van der Waals surface area contributed by atoms with Crippen LogP contribution >= 0.6 is 23.2 Å². The summed E-state index contributed by atoms with van der Waals surface area (Å²) in [6.07, 6.45) is 0. The Labute approximate surface area is 79.5 Å². The van der Waals surface area contributed by atoms with Crippen molar-refractivity contribution >= 4 is 34.8 Å². The Morgan fingerprint density at radius 2 is 1.92 bits per heavy atom. The van der Waals surface area contributed by atoms with Crippen LogP contribution in [0, 0.1) is 0 Å². The van der Waals surface area contributed by atoms with E-state index in [0.29, 0.717) is 11.3 Å². The molecular formula is C8H5Cl2NO. The minimum atomic E-state index is -1.42. The van der Waals surface area contributed by atoms with Crippen LogP contribution in [0.5, 0.6) is 0 Å². The molecule has 0 unspecified atom stereocenters. The van der Waals surface area contributed by atoms with Crippen molar-refractivity contribution in [1.29, 1.82) is 0 Å². The van der Waals surface area contributed by atoms with Gasteiger partial charge in [0, 0.05) is 11.3 Å². The van der Waals surface area contributed by atoms with Gasteiger partial charge < -0.3 is 5.32 Å². The van der Waals surface area contributed by atoms with E-state index >= 15 is 0 Å². The Kier molecular flexibility index (Phi) is 1.56. The van der Waals surface area contributed by atoms with Gasteiger partial charge in [0.15, 0.2) is 0 Å². The second-order valence-electron chi connectivity index (χ2n) is 2.57. The molecule has 1 aliphatic rings. The van der Waals surface area contributed by atoms with Crippen molar-refractivity contribution in [3.8, 4) is 0 Å². The van der Waals surface area contributed by atoms with Gasteiger partial charge in [0.2, 0.25) is 4.33 Å². The number of para-hydroxylation sites is 1. The average Bonchev–Trinajstić information content (AvgIpc) is 2.25. The van der Waals surface area contributed by atoms with E-state index < -0.39 is 4.33 Å². The van der Waals surface area contributed by atoms with Crippen molar-refractivity contribution in [2.24, 2.45) is 0 Å². The van der Waals surface area contributed by atoms with E-state index in [4.69, 9.17) is 23.2 Å². The fraction of sp³-hybridized carbons (Fsp3) is 0.125. The third-order valence-corrected chi connectivity index (χ3v) is 2.55. The van der Waals surface area contributed by atoms with E-state index in [9.17, 15) is 4.79 Å². The standard InChI is InChI=1S/C8H5Cl2NO/c9-8(10)5-3-1-2-4-6(5)11-7(8)12/h1-4H,(H,11,12). The SMILES string of the molecule is O=C1Nc2ccccc2C1(Cl)Cl. The maximum absolute atomic E-state index is 11.2. The van der Waals surface area contributed by atoms with Gasteiger partial charge in [0.1, 0.15) is 0 Å². The fourth-order valence-electron chi connectivity index (χ4n) is 1.19. The predicted molar refractivity (Wildman–Crippen MR) is 48.5 cm³/mol. The predicted octanol–water partition coefficient (Wildman–Crippen LogP) is 2.27. The number of alkyl halides is 2. The van der Waals surface area contributed by atoms with E-state index in [1.807, 2.05) is 6.07 Å². The molecule has 12 heavy (non-hydrogen) atoms. The lowest BCUT2D eigenvalue weighted by molar-refractivity contribution is -0.116. The number of amides is 1. The first kappa shape index (κ1) is 7.90. The number of hydrogen-bond donors (Lipinski definition) is 1. The number of benzene rings is 1. The lowest BCUT2D eigenvalue weighted by Crippen LogP contribution is -2.21. The van der Waals surface area contributed by atoms with Gasteiger partial charge in [-0.1, -0.05) is 41.4 Å². The monoisotopic (exact) mass is 201 g/mol. The van der Waals surface area contributed by atoms with Gasteiger partial charge in [-0.15, -0.1) is 0 Å². The first-order chi connectivity index (χ1) is 5.62. The molecule has 1 aromatic carbocycles. The second-order valence-corrected chi connectivity index (χ2v) is 3.90. The zero-order chi connectivity index (χ0) is 8.77. The molecule has 0 fully saturated rings. The van der Waals surface area contributed by atoms with Crippen LogP contribution in [0.2, 0.25) is 0 Å². The van der Waals surface area contributed by atoms with Gasteiger partial charge in [0.25, 0.3) is 5.91 Å². The van der Waals surface area contributed by atoms with E-state index in [1.54, 1.807) is 18.2 Å². The number of anilines is 1. The summed E-state index contributed by atoms with van der Waals surface area (Å²) in [5, 5.41) is 2.58. The molecular weight excluding hydrogens is 197 g/mol. The largest absolute Gasteiger partial charge is 0.323 e. The van der Waals surface area contributed by atoms with Gasteiger partial charge >= 0.3 is 0 Å². The van der Waals surface area contributed by atoms with Gasteiger partial charge in [0.05, 0.1) is 0 Å². The Bertz CT molecular complexity index is 349.